The van der Waals surface area contributed by atoms with Crippen molar-refractivity contribution in [2.75, 3.05) is 11.1 Å². The number of benzene rings is 2. The topological polar surface area (TPSA) is 115 Å². The van der Waals surface area contributed by atoms with Gasteiger partial charge in [0.25, 0.3) is 5.91 Å². The van der Waals surface area contributed by atoms with Gasteiger partial charge in [0, 0.05) is 6.54 Å². The number of aromatic nitrogens is 3. The highest BCUT2D eigenvalue weighted by atomic mass is 35.5. The highest BCUT2D eigenvalue weighted by Gasteiger charge is 2.17. The minimum atomic E-state index is -0.614. The number of hydrogen-bond acceptors (Lipinski definition) is 7. The van der Waals surface area contributed by atoms with Crippen molar-refractivity contribution in [1.82, 2.24) is 20.1 Å². The summed E-state index contributed by atoms with van der Waals surface area (Å²) in [5.41, 5.74) is 0.490. The number of carbonyl (C=O) groups is 3. The van der Waals surface area contributed by atoms with Crippen LogP contribution in [0.4, 0.5) is 10.1 Å². The Labute approximate surface area is 216 Å². The molecule has 1 aromatic heterocycles. The molecule has 36 heavy (non-hydrogen) atoms. The van der Waals surface area contributed by atoms with Gasteiger partial charge in [0.05, 0.1) is 40.2 Å². The molecule has 0 spiro atoms. The van der Waals surface area contributed by atoms with E-state index >= 15 is 0 Å². The number of nitrogens with one attached hydrogen (secondary N) is 2. The van der Waals surface area contributed by atoms with Crippen molar-refractivity contribution >= 4 is 46.8 Å². The summed E-state index contributed by atoms with van der Waals surface area (Å²) in [6.45, 7) is 5.89. The van der Waals surface area contributed by atoms with E-state index in [2.05, 4.69) is 20.8 Å². The van der Waals surface area contributed by atoms with E-state index in [0.29, 0.717) is 17.5 Å². The lowest BCUT2D eigenvalue weighted by Crippen LogP contribution is -2.25. The number of halogens is 2. The summed E-state index contributed by atoms with van der Waals surface area (Å²) >= 11 is 7.32. The van der Waals surface area contributed by atoms with Gasteiger partial charge in [-0.15, -0.1) is 10.2 Å². The third-order valence-corrected chi connectivity index (χ3v) is 6.08. The van der Waals surface area contributed by atoms with Crippen LogP contribution in [-0.2, 0) is 22.6 Å². The first-order valence-electron chi connectivity index (χ1n) is 11.1. The monoisotopic (exact) mass is 533 g/mol. The molecule has 190 valence electrons. The molecule has 2 amide bonds. The quantitative estimate of drug-likeness (QED) is 0.294. The maximum absolute atomic E-state index is 13.8. The first kappa shape index (κ1) is 27.2. The van der Waals surface area contributed by atoms with E-state index < -0.39 is 17.7 Å². The van der Waals surface area contributed by atoms with Crippen molar-refractivity contribution in [2.24, 2.45) is 0 Å². The van der Waals surface area contributed by atoms with E-state index in [0.717, 1.165) is 11.8 Å². The molecule has 2 N–H and O–H groups in total. The number of anilines is 1. The molecular weight excluding hydrogens is 509 g/mol. The van der Waals surface area contributed by atoms with Crippen LogP contribution in [0.1, 0.15) is 47.3 Å². The van der Waals surface area contributed by atoms with Crippen LogP contribution in [0.25, 0.3) is 0 Å². The smallest absolute Gasteiger partial charge is 0.338 e. The molecular formula is C24H25ClFN5O4S. The van der Waals surface area contributed by atoms with Gasteiger partial charge in [0.1, 0.15) is 5.82 Å². The Bertz CT molecular complexity index is 1270. The van der Waals surface area contributed by atoms with Crippen LogP contribution in [0.2, 0.25) is 5.02 Å². The summed E-state index contributed by atoms with van der Waals surface area (Å²) in [7, 11) is 0. The Morgan fingerprint density at radius 1 is 1.17 bits per heavy atom. The summed E-state index contributed by atoms with van der Waals surface area (Å²) in [6.07, 6.45) is -0.281. The van der Waals surface area contributed by atoms with Crippen LogP contribution >= 0.6 is 23.4 Å². The Balaban J connectivity index is 1.60. The van der Waals surface area contributed by atoms with Gasteiger partial charge in [-0.05, 0) is 51.1 Å². The van der Waals surface area contributed by atoms with E-state index in [1.54, 1.807) is 24.5 Å². The maximum atomic E-state index is 13.8. The standard InChI is InChI=1S/C24H25ClFN5O4S/c1-4-31-20(12-27-22(33)16-7-5-6-8-18(16)26)29-30-24(31)36-13-21(32)28-19-11-15(9-10-17(19)25)23(34)35-14(2)3/h5-11,14H,4,12-13H2,1-3H3,(H,27,33)(H,28,32). The largest absolute Gasteiger partial charge is 0.459 e. The maximum Gasteiger partial charge on any atom is 0.338 e. The molecule has 9 nitrogen and oxygen atoms in total. The minimum absolute atomic E-state index is 0.00326. The third-order valence-electron chi connectivity index (χ3n) is 4.79. The zero-order valence-corrected chi connectivity index (χ0v) is 21.5. The number of thioether (sulfide) groups is 1. The van der Waals surface area contributed by atoms with Gasteiger partial charge in [-0.3, -0.25) is 9.59 Å². The molecule has 12 heteroatoms. The minimum Gasteiger partial charge on any atom is -0.459 e. The Morgan fingerprint density at radius 3 is 2.61 bits per heavy atom. The fourth-order valence-corrected chi connectivity index (χ4v) is 4.11. The molecule has 3 rings (SSSR count). The Hall–Kier alpha value is -3.44. The fourth-order valence-electron chi connectivity index (χ4n) is 3.12. The molecule has 1 heterocycles. The van der Waals surface area contributed by atoms with Gasteiger partial charge in [-0.2, -0.15) is 0 Å². The first-order valence-corrected chi connectivity index (χ1v) is 12.4. The van der Waals surface area contributed by atoms with Crippen molar-refractivity contribution in [3.05, 3.63) is 70.3 Å². The first-order chi connectivity index (χ1) is 17.2. The fraction of sp³-hybridized carbons (Fsp3) is 0.292. The van der Waals surface area contributed by atoms with Crippen molar-refractivity contribution in [1.29, 1.82) is 0 Å². The molecule has 0 aliphatic carbocycles. The number of esters is 1. The zero-order valence-electron chi connectivity index (χ0n) is 19.9. The second-order valence-corrected chi connectivity index (χ2v) is 9.14. The summed E-state index contributed by atoms with van der Waals surface area (Å²) in [5.74, 6) is -1.60. The number of nitrogens with zero attached hydrogens (tertiary/aromatic N) is 3. The Morgan fingerprint density at radius 2 is 1.92 bits per heavy atom. The summed E-state index contributed by atoms with van der Waals surface area (Å²) in [5, 5.41) is 14.3. The molecule has 0 unspecified atom stereocenters. The SMILES string of the molecule is CCn1c(CNC(=O)c2ccccc2F)nnc1SCC(=O)Nc1cc(C(=O)OC(C)C)ccc1Cl. The van der Waals surface area contributed by atoms with Crippen molar-refractivity contribution in [2.45, 2.75) is 45.1 Å². The highest BCUT2D eigenvalue weighted by molar-refractivity contribution is 7.99. The van der Waals surface area contributed by atoms with Gasteiger partial charge >= 0.3 is 5.97 Å². The van der Waals surface area contributed by atoms with E-state index in [1.165, 1.54) is 36.4 Å². The van der Waals surface area contributed by atoms with Gasteiger partial charge in [0.2, 0.25) is 5.91 Å². The van der Waals surface area contributed by atoms with Gasteiger partial charge in [0.15, 0.2) is 11.0 Å². The van der Waals surface area contributed by atoms with Crippen LogP contribution in [0.3, 0.4) is 0 Å². The molecule has 0 atom stereocenters. The lowest BCUT2D eigenvalue weighted by Gasteiger charge is -2.11. The second-order valence-electron chi connectivity index (χ2n) is 7.79. The molecule has 0 saturated heterocycles. The summed E-state index contributed by atoms with van der Waals surface area (Å²) < 4.78 is 20.7. The Kier molecular flexibility index (Phi) is 9.43. The number of carbonyl (C=O) groups excluding carboxylic acids is 3. The van der Waals surface area contributed by atoms with Gasteiger partial charge in [-0.25, -0.2) is 9.18 Å². The van der Waals surface area contributed by atoms with Crippen molar-refractivity contribution < 1.29 is 23.5 Å². The van der Waals surface area contributed by atoms with Crippen LogP contribution in [0.15, 0.2) is 47.6 Å². The average molecular weight is 534 g/mol. The zero-order chi connectivity index (χ0) is 26.2. The molecule has 0 aliphatic rings. The van der Waals surface area contributed by atoms with Crippen LogP contribution in [0, 0.1) is 5.82 Å². The normalized spacial score (nSPS) is 10.8. The van der Waals surface area contributed by atoms with Crippen LogP contribution in [-0.4, -0.2) is 44.4 Å². The van der Waals surface area contributed by atoms with Crippen molar-refractivity contribution in [3.63, 3.8) is 0 Å². The van der Waals surface area contributed by atoms with E-state index in [4.69, 9.17) is 16.3 Å². The predicted octanol–water partition coefficient (Wildman–Crippen LogP) is 4.32. The lowest BCUT2D eigenvalue weighted by atomic mass is 10.2. The lowest BCUT2D eigenvalue weighted by molar-refractivity contribution is -0.113. The number of hydrogen-bond donors (Lipinski definition) is 2. The second kappa shape index (κ2) is 12.5. The molecule has 0 radical (unpaired) electrons. The number of amides is 2. The van der Waals surface area contributed by atoms with Crippen molar-refractivity contribution in [3.8, 4) is 0 Å². The molecule has 0 fully saturated rings. The van der Waals surface area contributed by atoms with Crippen LogP contribution in [0.5, 0.6) is 0 Å². The van der Waals surface area contributed by atoms with E-state index in [9.17, 15) is 18.8 Å². The molecule has 3 aromatic rings. The molecule has 0 bridgehead atoms. The highest BCUT2D eigenvalue weighted by Crippen LogP contribution is 2.25. The van der Waals surface area contributed by atoms with E-state index in [-0.39, 0.29) is 46.1 Å². The average Bonchev–Trinajstić information content (AvgIpc) is 3.24. The molecule has 2 aromatic carbocycles. The predicted molar refractivity (Wildman–Crippen MR) is 135 cm³/mol. The third kappa shape index (κ3) is 7.05. The van der Waals surface area contributed by atoms with Gasteiger partial charge in [-0.1, -0.05) is 35.5 Å². The molecule has 0 aliphatic heterocycles. The summed E-state index contributed by atoms with van der Waals surface area (Å²) in [6, 6.07) is 10.2. The van der Waals surface area contributed by atoms with Gasteiger partial charge < -0.3 is 19.9 Å². The number of rotatable bonds is 10. The van der Waals surface area contributed by atoms with E-state index in [1.807, 2.05) is 6.92 Å². The molecule has 0 saturated carbocycles. The summed E-state index contributed by atoms with van der Waals surface area (Å²) in [4.78, 5) is 37.0. The number of ether oxygens (including phenoxy) is 1. The van der Waals surface area contributed by atoms with Crippen LogP contribution < -0.4 is 10.6 Å².